The van der Waals surface area contributed by atoms with E-state index in [1.54, 1.807) is 66.7 Å². The molecule has 12 nitrogen and oxygen atoms in total. The average Bonchev–Trinajstić information content (AvgIpc) is 3.87. The third-order valence-corrected chi connectivity index (χ3v) is 14.2. The predicted molar refractivity (Wildman–Crippen MR) is 235 cm³/mol. The molecular weight excluding hydrogens is 848 g/mol. The Kier molecular flexibility index (Phi) is 11.6. The number of ether oxygens (including phenoxy) is 1. The zero-order valence-electron chi connectivity index (χ0n) is 34.4. The maximum atomic E-state index is 16.2. The molecule has 5 aliphatic rings. The normalized spacial score (nSPS) is 23.4. The van der Waals surface area contributed by atoms with E-state index in [9.17, 15) is 28.8 Å². The van der Waals surface area contributed by atoms with Gasteiger partial charge < -0.3 is 20.3 Å². The number of benzene rings is 4. The number of Topliss-reactive ketones (excluding diaryl/α,β-unsaturated/α-hetero) is 1. The van der Waals surface area contributed by atoms with Crippen molar-refractivity contribution in [3.05, 3.63) is 123 Å². The minimum atomic E-state index is -1.35. The van der Waals surface area contributed by atoms with Gasteiger partial charge in [-0.2, -0.15) is 0 Å². The van der Waals surface area contributed by atoms with Gasteiger partial charge in [-0.05, 0) is 104 Å². The molecule has 0 aromatic heterocycles. The fourth-order valence-corrected chi connectivity index (χ4v) is 11.1. The number of fused-ring (bicyclic) bond motifs is 4. The lowest BCUT2D eigenvalue weighted by molar-refractivity contribution is -0.137. The molecule has 0 radical (unpaired) electrons. The Bertz CT molecular complexity index is 2550. The highest BCUT2D eigenvalue weighted by molar-refractivity contribution is 6.31. The standard InChI is InChI=1S/C48H46Cl2FN5O7/c49-28-16-19-33-35(25-28)53-46(62)48(33)40(31-10-7-11-34(50)41(31)51)42(55-47(48)22-4-2-5-23-47)44(60)52-29-17-14-27(15-18-29)37(57)12-3-1-6-24-63-38-13-8-9-30-32(38)26-56(45(30)61)36-20-21-39(58)54-43(36)59/h7-11,13-19,25,36,40,42,55H,1-6,12,20-24,26H2,(H,52,60)(H,53,62)(H,54,58,59)/t36?,40-,42+,48+/m0/s1. The Labute approximate surface area is 373 Å². The van der Waals surface area contributed by atoms with Gasteiger partial charge in [-0.1, -0.05) is 66.7 Å². The number of nitrogens with one attached hydrogen (secondary N) is 4. The highest BCUT2D eigenvalue weighted by atomic mass is 35.5. The Morgan fingerprint density at radius 1 is 0.889 bits per heavy atom. The summed E-state index contributed by atoms with van der Waals surface area (Å²) in [6.45, 7) is 0.597. The van der Waals surface area contributed by atoms with Gasteiger partial charge in [0.05, 0.1) is 24.2 Å². The molecule has 4 aromatic rings. The van der Waals surface area contributed by atoms with Crippen LogP contribution in [0.1, 0.15) is 114 Å². The summed E-state index contributed by atoms with van der Waals surface area (Å²) in [7, 11) is 0. The van der Waals surface area contributed by atoms with Crippen molar-refractivity contribution in [3.63, 3.8) is 0 Å². The molecule has 3 fully saturated rings. The molecule has 5 amide bonds. The third-order valence-electron chi connectivity index (χ3n) is 13.6. The van der Waals surface area contributed by atoms with E-state index in [0.29, 0.717) is 83.1 Å². The van der Waals surface area contributed by atoms with Crippen LogP contribution < -0.4 is 26.0 Å². The number of amides is 5. The van der Waals surface area contributed by atoms with Crippen LogP contribution in [0.25, 0.3) is 0 Å². The molecule has 4 heterocycles. The summed E-state index contributed by atoms with van der Waals surface area (Å²) < 4.78 is 22.3. The first-order valence-electron chi connectivity index (χ1n) is 21.6. The first kappa shape index (κ1) is 42.7. The number of anilines is 2. The number of hydrogen-bond donors (Lipinski definition) is 4. The smallest absolute Gasteiger partial charge is 0.255 e. The summed E-state index contributed by atoms with van der Waals surface area (Å²) in [5.41, 5.74) is 1.27. The molecular formula is C48H46Cl2FN5O7. The summed E-state index contributed by atoms with van der Waals surface area (Å²) in [6, 6.07) is 20.1. The van der Waals surface area contributed by atoms with Crippen molar-refractivity contribution >= 4 is 69.9 Å². The molecule has 4 atom stereocenters. The lowest BCUT2D eigenvalue weighted by atomic mass is 9.55. The highest BCUT2D eigenvalue weighted by Crippen LogP contribution is 2.63. The minimum Gasteiger partial charge on any atom is -0.493 e. The number of carbonyl (C=O) groups excluding carboxylic acids is 6. The zero-order valence-corrected chi connectivity index (χ0v) is 35.9. The van der Waals surface area contributed by atoms with Crippen molar-refractivity contribution in [1.29, 1.82) is 0 Å². The van der Waals surface area contributed by atoms with Crippen LogP contribution in [0, 0.1) is 5.82 Å². The van der Waals surface area contributed by atoms with Crippen molar-refractivity contribution in [2.24, 2.45) is 0 Å². The molecule has 4 N–H and O–H groups in total. The number of unbranched alkanes of at least 4 members (excludes halogenated alkanes) is 2. The summed E-state index contributed by atoms with van der Waals surface area (Å²) in [4.78, 5) is 81.1. The fourth-order valence-electron chi connectivity index (χ4n) is 10.8. The molecule has 4 aliphatic heterocycles. The van der Waals surface area contributed by atoms with Gasteiger partial charge in [-0.15, -0.1) is 0 Å². The predicted octanol–water partition coefficient (Wildman–Crippen LogP) is 8.00. The van der Waals surface area contributed by atoms with Crippen LogP contribution in [-0.2, 0) is 31.1 Å². The molecule has 1 saturated carbocycles. The second-order valence-electron chi connectivity index (χ2n) is 17.2. The first-order valence-corrected chi connectivity index (χ1v) is 22.3. The maximum Gasteiger partial charge on any atom is 0.255 e. The van der Waals surface area contributed by atoms with Gasteiger partial charge in [0.25, 0.3) is 5.91 Å². The monoisotopic (exact) mass is 893 g/mol. The first-order chi connectivity index (χ1) is 30.4. The van der Waals surface area contributed by atoms with Gasteiger partial charge in [0, 0.05) is 57.4 Å². The number of hydrogen-bond acceptors (Lipinski definition) is 8. The van der Waals surface area contributed by atoms with Crippen LogP contribution in [0.5, 0.6) is 5.75 Å². The molecule has 1 unspecified atom stereocenters. The van der Waals surface area contributed by atoms with E-state index in [1.165, 1.54) is 11.0 Å². The van der Waals surface area contributed by atoms with Crippen molar-refractivity contribution in [1.82, 2.24) is 15.5 Å². The fraction of sp³-hybridized carbons (Fsp3) is 0.375. The van der Waals surface area contributed by atoms with Crippen LogP contribution in [0.2, 0.25) is 10.0 Å². The van der Waals surface area contributed by atoms with E-state index in [0.717, 1.165) is 25.7 Å². The molecule has 2 spiro atoms. The van der Waals surface area contributed by atoms with Gasteiger partial charge in [0.15, 0.2) is 5.78 Å². The minimum absolute atomic E-state index is 0.0529. The second kappa shape index (κ2) is 17.2. The van der Waals surface area contributed by atoms with Crippen molar-refractivity contribution in [2.45, 2.75) is 106 Å². The topological polar surface area (TPSA) is 163 Å². The van der Waals surface area contributed by atoms with Gasteiger partial charge in [0.2, 0.25) is 23.6 Å². The lowest BCUT2D eigenvalue weighted by Crippen LogP contribution is -2.60. The molecule has 4 aromatic carbocycles. The Morgan fingerprint density at radius 3 is 2.44 bits per heavy atom. The van der Waals surface area contributed by atoms with E-state index in [2.05, 4.69) is 21.3 Å². The Hall–Kier alpha value is -5.63. The molecule has 9 rings (SSSR count). The van der Waals surface area contributed by atoms with Crippen LogP contribution >= 0.6 is 23.2 Å². The summed E-state index contributed by atoms with van der Waals surface area (Å²) >= 11 is 12.8. The number of piperidine rings is 1. The molecule has 1 aliphatic carbocycles. The van der Waals surface area contributed by atoms with Crippen molar-refractivity contribution < 1.29 is 37.9 Å². The molecule has 2 saturated heterocycles. The van der Waals surface area contributed by atoms with Gasteiger partial charge in [0.1, 0.15) is 23.0 Å². The van der Waals surface area contributed by atoms with Crippen LogP contribution in [-0.4, -0.2) is 64.4 Å². The lowest BCUT2D eigenvalue weighted by Gasteiger charge is -2.47. The van der Waals surface area contributed by atoms with Crippen molar-refractivity contribution in [3.8, 4) is 5.75 Å². The molecule has 15 heteroatoms. The maximum absolute atomic E-state index is 16.2. The third kappa shape index (κ3) is 7.47. The molecule has 63 heavy (non-hydrogen) atoms. The molecule has 0 bridgehead atoms. The van der Waals surface area contributed by atoms with E-state index in [4.69, 9.17) is 27.9 Å². The second-order valence-corrected chi connectivity index (χ2v) is 18.0. The zero-order chi connectivity index (χ0) is 44.0. The number of halogens is 3. The summed E-state index contributed by atoms with van der Waals surface area (Å²) in [5.74, 6) is -2.97. The van der Waals surface area contributed by atoms with E-state index in [-0.39, 0.29) is 53.5 Å². The largest absolute Gasteiger partial charge is 0.493 e. The van der Waals surface area contributed by atoms with E-state index in [1.807, 2.05) is 6.07 Å². The van der Waals surface area contributed by atoms with Crippen LogP contribution in [0.15, 0.2) is 78.9 Å². The Morgan fingerprint density at radius 2 is 1.67 bits per heavy atom. The average molecular weight is 895 g/mol. The summed E-state index contributed by atoms with van der Waals surface area (Å²) in [6.07, 6.45) is 6.58. The number of nitrogens with zero attached hydrogens (tertiary/aromatic N) is 1. The van der Waals surface area contributed by atoms with Gasteiger partial charge in [-0.3, -0.25) is 39.4 Å². The van der Waals surface area contributed by atoms with Gasteiger partial charge >= 0.3 is 0 Å². The number of carbonyl (C=O) groups is 6. The summed E-state index contributed by atoms with van der Waals surface area (Å²) in [5, 5.41) is 12.3. The Balaban J connectivity index is 0.836. The van der Waals surface area contributed by atoms with E-state index < -0.39 is 46.6 Å². The van der Waals surface area contributed by atoms with Crippen LogP contribution in [0.4, 0.5) is 15.8 Å². The van der Waals surface area contributed by atoms with E-state index >= 15 is 4.39 Å². The van der Waals surface area contributed by atoms with Gasteiger partial charge in [-0.25, -0.2) is 4.39 Å². The number of imide groups is 1. The van der Waals surface area contributed by atoms with Crippen molar-refractivity contribution in [2.75, 3.05) is 17.2 Å². The number of ketones is 1. The highest BCUT2D eigenvalue weighted by Gasteiger charge is 2.72. The molecule has 326 valence electrons. The SMILES string of the molecule is O=C1CCC(N2Cc3c(OCCCCCC(=O)c4ccc(NC(=O)[C@@H]5NC6(CCCCC6)[C@@]6(C(=O)Nc7cc(Cl)ccc76)[C@H]5c5cccc(Cl)c5F)cc4)cccc3C2=O)C(=O)N1. The quantitative estimate of drug-likeness (QED) is 0.0632. The number of rotatable bonds is 12. The van der Waals surface area contributed by atoms with Crippen LogP contribution in [0.3, 0.4) is 0 Å².